The van der Waals surface area contributed by atoms with Crippen LogP contribution in [0, 0.1) is 0 Å². The summed E-state index contributed by atoms with van der Waals surface area (Å²) >= 11 is 5.27. The highest BCUT2D eigenvalue weighted by molar-refractivity contribution is 6.21. The number of nitrogens with zero attached hydrogens (tertiary/aromatic N) is 1. The molecule has 0 aliphatic heterocycles. The molecule has 0 heterocycles. The Balaban J connectivity index is 2.92. The molecule has 0 amide bonds. The van der Waals surface area contributed by atoms with E-state index in [4.69, 9.17) is 16.5 Å². The van der Waals surface area contributed by atoms with E-state index in [9.17, 15) is 0 Å². The third kappa shape index (κ3) is 1.95. The lowest BCUT2D eigenvalue weighted by atomic mass is 10.2. The van der Waals surface area contributed by atoms with Crippen molar-refractivity contribution in [3.05, 3.63) is 35.9 Å². The monoisotopic (exact) mass is 169 g/mol. The lowest BCUT2D eigenvalue weighted by Crippen LogP contribution is -2.00. The van der Waals surface area contributed by atoms with E-state index >= 15 is 0 Å². The van der Waals surface area contributed by atoms with E-state index in [1.165, 1.54) is 7.11 Å². The van der Waals surface area contributed by atoms with Gasteiger partial charge in [-0.1, -0.05) is 18.2 Å². The van der Waals surface area contributed by atoms with Crippen LogP contribution in [0.2, 0.25) is 0 Å². The van der Waals surface area contributed by atoms with E-state index in [1.807, 2.05) is 30.3 Å². The number of ether oxygens (including phenoxy) is 1. The molecular formula is C8H8ClNO. The molecule has 1 rings (SSSR count). The Morgan fingerprint density at radius 2 is 2.00 bits per heavy atom. The molecule has 0 N–H and O–H groups in total. The molecular weight excluding hydrogens is 162 g/mol. The minimum absolute atomic E-state index is 0.437. The van der Waals surface area contributed by atoms with E-state index in [2.05, 4.69) is 4.51 Å². The molecule has 0 aromatic heterocycles. The van der Waals surface area contributed by atoms with Crippen LogP contribution < -0.4 is 0 Å². The molecule has 0 unspecified atom stereocenters. The topological polar surface area (TPSA) is 21.6 Å². The van der Waals surface area contributed by atoms with E-state index in [0.29, 0.717) is 5.90 Å². The van der Waals surface area contributed by atoms with E-state index < -0.39 is 0 Å². The lowest BCUT2D eigenvalue weighted by Gasteiger charge is -2.00. The van der Waals surface area contributed by atoms with Crippen LogP contribution in [0.4, 0.5) is 0 Å². The Morgan fingerprint density at radius 3 is 2.45 bits per heavy atom. The molecule has 3 heteroatoms. The third-order valence-corrected chi connectivity index (χ3v) is 1.44. The van der Waals surface area contributed by atoms with E-state index in [0.717, 1.165) is 5.56 Å². The first-order valence-corrected chi connectivity index (χ1v) is 3.50. The van der Waals surface area contributed by atoms with Gasteiger partial charge in [0.15, 0.2) is 0 Å². The fourth-order valence-corrected chi connectivity index (χ4v) is 0.948. The maximum absolute atomic E-state index is 5.27. The van der Waals surface area contributed by atoms with Crippen LogP contribution in [0.1, 0.15) is 5.56 Å². The molecule has 0 spiro atoms. The van der Waals surface area contributed by atoms with Crippen LogP contribution in [-0.2, 0) is 4.74 Å². The minimum Gasteiger partial charge on any atom is -0.480 e. The molecule has 0 aliphatic rings. The summed E-state index contributed by atoms with van der Waals surface area (Å²) in [4.78, 5) is 0. The Hall–Kier alpha value is -1.02. The predicted octanol–water partition coefficient (Wildman–Crippen LogP) is 2.23. The average molecular weight is 170 g/mol. The van der Waals surface area contributed by atoms with Crippen molar-refractivity contribution < 1.29 is 4.74 Å². The fraction of sp³-hybridized carbons (Fsp3) is 0.125. The fourth-order valence-electron chi connectivity index (χ4n) is 0.782. The van der Waals surface area contributed by atoms with E-state index in [1.54, 1.807) is 0 Å². The zero-order chi connectivity index (χ0) is 8.10. The zero-order valence-corrected chi connectivity index (χ0v) is 6.88. The molecule has 2 nitrogen and oxygen atoms in total. The van der Waals surface area contributed by atoms with Gasteiger partial charge in [-0.15, -0.1) is 4.51 Å². The number of hydrogen-bond acceptors (Lipinski definition) is 2. The highest BCUT2D eigenvalue weighted by Gasteiger charge is 1.99. The Kier molecular flexibility index (Phi) is 2.93. The normalized spacial score (nSPS) is 11.3. The Morgan fingerprint density at radius 1 is 1.36 bits per heavy atom. The molecule has 0 fully saturated rings. The Labute approximate surface area is 70.6 Å². The van der Waals surface area contributed by atoms with Crippen LogP contribution in [0.15, 0.2) is 34.8 Å². The number of halogens is 1. The zero-order valence-electron chi connectivity index (χ0n) is 6.12. The van der Waals surface area contributed by atoms with Crippen molar-refractivity contribution >= 4 is 17.7 Å². The smallest absolute Gasteiger partial charge is 0.232 e. The van der Waals surface area contributed by atoms with Gasteiger partial charge in [-0.3, -0.25) is 0 Å². The number of hydrogen-bond donors (Lipinski definition) is 0. The molecule has 0 saturated heterocycles. The quantitative estimate of drug-likeness (QED) is 0.467. The summed E-state index contributed by atoms with van der Waals surface area (Å²) < 4.78 is 8.35. The molecule has 0 bridgehead atoms. The predicted molar refractivity (Wildman–Crippen MR) is 45.8 cm³/mol. The summed E-state index contributed by atoms with van der Waals surface area (Å²) in [6.07, 6.45) is 0. The highest BCUT2D eigenvalue weighted by atomic mass is 35.5. The number of rotatable bonds is 1. The summed E-state index contributed by atoms with van der Waals surface area (Å²) in [6, 6.07) is 9.48. The van der Waals surface area contributed by atoms with Crippen molar-refractivity contribution in [1.29, 1.82) is 0 Å². The van der Waals surface area contributed by atoms with Gasteiger partial charge in [-0.05, 0) is 12.1 Å². The molecule has 58 valence electrons. The van der Waals surface area contributed by atoms with Gasteiger partial charge in [0.25, 0.3) is 0 Å². The van der Waals surface area contributed by atoms with Gasteiger partial charge < -0.3 is 4.74 Å². The summed E-state index contributed by atoms with van der Waals surface area (Å²) in [7, 11) is 1.54. The summed E-state index contributed by atoms with van der Waals surface area (Å²) in [6.45, 7) is 0. The maximum Gasteiger partial charge on any atom is 0.232 e. The van der Waals surface area contributed by atoms with Gasteiger partial charge in [0.1, 0.15) is 0 Å². The first kappa shape index (κ1) is 8.08. The third-order valence-electron chi connectivity index (χ3n) is 1.29. The van der Waals surface area contributed by atoms with Crippen LogP contribution in [0.25, 0.3) is 0 Å². The number of benzene rings is 1. The molecule has 0 saturated carbocycles. The van der Waals surface area contributed by atoms with E-state index in [-0.39, 0.29) is 0 Å². The van der Waals surface area contributed by atoms with Crippen LogP contribution in [0.3, 0.4) is 0 Å². The second-order valence-electron chi connectivity index (χ2n) is 1.96. The SMILES string of the molecule is CO/C(=N/Cl)c1ccccc1. The summed E-state index contributed by atoms with van der Waals surface area (Å²) in [5.41, 5.74) is 0.880. The standard InChI is InChI=1S/C8H8ClNO/c1-11-8(10-9)7-5-3-2-4-6-7/h2-6H,1H3/b10-8+. The van der Waals surface area contributed by atoms with Crippen LogP contribution in [-0.4, -0.2) is 13.0 Å². The van der Waals surface area contributed by atoms with Crippen molar-refractivity contribution in [3.63, 3.8) is 0 Å². The summed E-state index contributed by atoms with van der Waals surface area (Å²) in [5.74, 6) is 0.437. The lowest BCUT2D eigenvalue weighted by molar-refractivity contribution is 0.406. The minimum atomic E-state index is 0.437. The average Bonchev–Trinajstić information content (AvgIpc) is 2.09. The maximum atomic E-state index is 5.27. The van der Waals surface area contributed by atoms with Gasteiger partial charge in [-0.25, -0.2) is 0 Å². The largest absolute Gasteiger partial charge is 0.480 e. The van der Waals surface area contributed by atoms with Crippen molar-refractivity contribution in [2.24, 2.45) is 4.51 Å². The molecule has 11 heavy (non-hydrogen) atoms. The van der Waals surface area contributed by atoms with Crippen molar-refractivity contribution in [2.45, 2.75) is 0 Å². The van der Waals surface area contributed by atoms with Gasteiger partial charge in [-0.2, -0.15) is 0 Å². The van der Waals surface area contributed by atoms with Gasteiger partial charge in [0, 0.05) is 17.3 Å². The Bertz CT molecular complexity index is 246. The molecule has 0 aliphatic carbocycles. The first-order valence-electron chi connectivity index (χ1n) is 3.17. The van der Waals surface area contributed by atoms with Crippen LogP contribution >= 0.6 is 11.8 Å². The second kappa shape index (κ2) is 3.98. The van der Waals surface area contributed by atoms with Gasteiger partial charge in [0.05, 0.1) is 7.11 Å². The van der Waals surface area contributed by atoms with Gasteiger partial charge in [0.2, 0.25) is 5.90 Å². The van der Waals surface area contributed by atoms with Crippen molar-refractivity contribution in [3.8, 4) is 0 Å². The molecule has 0 atom stereocenters. The first-order chi connectivity index (χ1) is 5.38. The van der Waals surface area contributed by atoms with Crippen molar-refractivity contribution in [2.75, 3.05) is 7.11 Å². The number of methoxy groups -OCH3 is 1. The second-order valence-corrected chi connectivity index (χ2v) is 2.13. The van der Waals surface area contributed by atoms with Gasteiger partial charge >= 0.3 is 0 Å². The van der Waals surface area contributed by atoms with Crippen molar-refractivity contribution in [1.82, 2.24) is 0 Å². The molecule has 0 radical (unpaired) electrons. The molecule has 1 aromatic carbocycles. The molecule has 1 aromatic rings. The van der Waals surface area contributed by atoms with Crippen LogP contribution in [0.5, 0.6) is 0 Å². The highest BCUT2D eigenvalue weighted by Crippen LogP contribution is 2.02. The summed E-state index contributed by atoms with van der Waals surface area (Å²) in [5, 5.41) is 0.